The van der Waals surface area contributed by atoms with Crippen molar-refractivity contribution in [2.75, 3.05) is 67.5 Å². The molecule has 340 valence electrons. The van der Waals surface area contributed by atoms with E-state index in [1.54, 1.807) is 100 Å². The average Bonchev–Trinajstić information content (AvgIpc) is 3.12. The van der Waals surface area contributed by atoms with Gasteiger partial charge in [-0.25, -0.2) is 19.2 Å². The van der Waals surface area contributed by atoms with Crippen molar-refractivity contribution in [1.82, 2.24) is 20.4 Å². The molecular weight excluding hydrogens is 799 g/mol. The number of aryl methyl sites for hydroxylation is 1. The maximum atomic E-state index is 13.4. The first kappa shape index (κ1) is 48.6. The summed E-state index contributed by atoms with van der Waals surface area (Å²) in [5.41, 5.74) is 0.906. The summed E-state index contributed by atoms with van der Waals surface area (Å²) in [6.07, 6.45) is -3.10. The van der Waals surface area contributed by atoms with Crippen LogP contribution in [0.1, 0.15) is 99.0 Å². The minimum atomic E-state index is -0.823. The average molecular weight is 864 g/mol. The summed E-state index contributed by atoms with van der Waals surface area (Å²) < 4.78 is 21.5. The van der Waals surface area contributed by atoms with Crippen LogP contribution in [0.3, 0.4) is 0 Å². The molecular formula is C44H65N9O9. The van der Waals surface area contributed by atoms with E-state index in [9.17, 15) is 24.0 Å². The first-order valence-electron chi connectivity index (χ1n) is 20.8. The molecule has 18 nitrogen and oxygen atoms in total. The lowest BCUT2D eigenvalue weighted by molar-refractivity contribution is 0.0535. The number of rotatable bonds is 4. The smallest absolute Gasteiger partial charge is 0.437 e. The zero-order valence-electron chi connectivity index (χ0n) is 38.6. The molecule has 0 aliphatic carbocycles. The van der Waals surface area contributed by atoms with Crippen LogP contribution in [0, 0.1) is 6.92 Å². The number of anilines is 3. The fourth-order valence-electron chi connectivity index (χ4n) is 6.24. The summed E-state index contributed by atoms with van der Waals surface area (Å²) in [5, 5.41) is 8.28. The second kappa shape index (κ2) is 19.8. The molecule has 3 N–H and O–H groups in total. The van der Waals surface area contributed by atoms with Gasteiger partial charge in [-0.3, -0.25) is 15.4 Å². The van der Waals surface area contributed by atoms with Crippen molar-refractivity contribution in [2.45, 2.75) is 112 Å². The molecule has 0 bridgehead atoms. The third kappa shape index (κ3) is 16.1. The molecule has 2 fully saturated rings. The number of amides is 5. The standard InChI is InChI=1S/C44H65N9O9/c1-29-28-32(51-22-26-53(27-23-51)36(48-39(57)61-43(8,9)10)49-40(58)62-44(11,12)13)18-19-33(29)45-34(54)30-14-16-31(17-15-30)50-20-24-52(25-21-50)35(46-37(55)59-41(2,3)4)47-38(56)60-42(5,6)7/h14-19,28H,20-27H2,1-13H3,(H,45,54)(H,46,47,55,56)(H,48,49,57,58). The highest BCUT2D eigenvalue weighted by molar-refractivity contribution is 6.05. The van der Waals surface area contributed by atoms with E-state index in [1.165, 1.54) is 0 Å². The van der Waals surface area contributed by atoms with E-state index in [2.05, 4.69) is 35.7 Å². The molecule has 0 spiro atoms. The first-order valence-corrected chi connectivity index (χ1v) is 20.8. The third-order valence-electron chi connectivity index (χ3n) is 8.88. The first-order chi connectivity index (χ1) is 28.6. The second-order valence-electron chi connectivity index (χ2n) is 19.0. The van der Waals surface area contributed by atoms with Gasteiger partial charge in [-0.05, 0) is 138 Å². The van der Waals surface area contributed by atoms with Crippen molar-refractivity contribution in [3.8, 4) is 0 Å². The Bertz CT molecular complexity index is 1990. The molecule has 2 aliphatic heterocycles. The van der Waals surface area contributed by atoms with Gasteiger partial charge < -0.3 is 43.9 Å². The van der Waals surface area contributed by atoms with Gasteiger partial charge in [0.25, 0.3) is 5.91 Å². The fraction of sp³-hybridized carbons (Fsp3) is 0.568. The summed E-state index contributed by atoms with van der Waals surface area (Å²) in [6.45, 7) is 26.9. The largest absolute Gasteiger partial charge is 0.444 e. The number of guanidine groups is 2. The van der Waals surface area contributed by atoms with Gasteiger partial charge in [-0.1, -0.05) is 0 Å². The van der Waals surface area contributed by atoms with E-state index in [4.69, 9.17) is 18.9 Å². The van der Waals surface area contributed by atoms with Crippen LogP contribution in [0.15, 0.2) is 52.4 Å². The Morgan fingerprint density at radius 1 is 0.516 bits per heavy atom. The molecule has 2 aromatic carbocycles. The highest BCUT2D eigenvalue weighted by atomic mass is 16.6. The van der Waals surface area contributed by atoms with Crippen LogP contribution in [0.2, 0.25) is 0 Å². The van der Waals surface area contributed by atoms with E-state index in [0.29, 0.717) is 63.6 Å². The lowest BCUT2D eigenvalue weighted by Gasteiger charge is -2.37. The predicted molar refractivity (Wildman–Crippen MR) is 239 cm³/mol. The molecule has 18 heteroatoms. The SMILES string of the molecule is Cc1cc(N2CCN(/C(=N/C(=O)OC(C)(C)C)NC(=O)OC(C)(C)C)CC2)ccc1NC(=O)c1ccc(N2CCN(/C(=N/C(=O)OC(C)(C)C)NC(=O)OC(C)(C)C)CC2)cc1. The van der Waals surface area contributed by atoms with Crippen LogP contribution in [-0.4, -0.2) is 127 Å². The van der Waals surface area contributed by atoms with Gasteiger partial charge in [0.15, 0.2) is 0 Å². The lowest BCUT2D eigenvalue weighted by Crippen LogP contribution is -2.54. The van der Waals surface area contributed by atoms with Crippen LogP contribution in [-0.2, 0) is 18.9 Å². The van der Waals surface area contributed by atoms with Crippen LogP contribution in [0.25, 0.3) is 0 Å². The number of hydrogen-bond acceptors (Lipinski definition) is 11. The summed E-state index contributed by atoms with van der Waals surface area (Å²) >= 11 is 0. The quantitative estimate of drug-likeness (QED) is 0.160. The van der Waals surface area contributed by atoms with E-state index in [0.717, 1.165) is 16.9 Å². The van der Waals surface area contributed by atoms with Crippen molar-refractivity contribution in [1.29, 1.82) is 0 Å². The Morgan fingerprint density at radius 2 is 0.887 bits per heavy atom. The maximum Gasteiger partial charge on any atom is 0.437 e. The number of carbonyl (C=O) groups is 5. The molecule has 0 radical (unpaired) electrons. The highest BCUT2D eigenvalue weighted by Crippen LogP contribution is 2.26. The maximum absolute atomic E-state index is 13.4. The summed E-state index contributed by atoms with van der Waals surface area (Å²) in [5.74, 6) is -0.142. The number of hydrogen-bond donors (Lipinski definition) is 3. The number of benzene rings is 2. The molecule has 2 aromatic rings. The molecule has 4 rings (SSSR count). The molecule has 2 aliphatic rings. The van der Waals surface area contributed by atoms with Gasteiger partial charge in [0.05, 0.1) is 0 Å². The minimum Gasteiger partial charge on any atom is -0.444 e. The minimum absolute atomic E-state index is 0.0523. The molecule has 0 saturated carbocycles. The van der Waals surface area contributed by atoms with Crippen molar-refractivity contribution in [3.05, 3.63) is 53.6 Å². The van der Waals surface area contributed by atoms with Crippen molar-refractivity contribution < 1.29 is 42.9 Å². The van der Waals surface area contributed by atoms with E-state index in [1.807, 2.05) is 42.2 Å². The Labute approximate surface area is 365 Å². The number of nitrogens with one attached hydrogen (secondary N) is 3. The molecule has 62 heavy (non-hydrogen) atoms. The number of piperazine rings is 2. The second-order valence-corrected chi connectivity index (χ2v) is 19.0. The Balaban J connectivity index is 1.35. The summed E-state index contributed by atoms with van der Waals surface area (Å²) in [4.78, 5) is 80.0. The summed E-state index contributed by atoms with van der Waals surface area (Å²) in [6, 6.07) is 13.2. The summed E-state index contributed by atoms with van der Waals surface area (Å²) in [7, 11) is 0. The molecule has 0 aromatic heterocycles. The molecule has 2 saturated heterocycles. The normalized spacial score (nSPS) is 15.7. The topological polar surface area (TPSA) is 196 Å². The van der Waals surface area contributed by atoms with Gasteiger partial charge in [-0.15, -0.1) is 9.98 Å². The van der Waals surface area contributed by atoms with Crippen LogP contribution in [0.5, 0.6) is 0 Å². The molecule has 5 amide bonds. The Hall–Kier alpha value is -6.07. The van der Waals surface area contributed by atoms with E-state index >= 15 is 0 Å². The van der Waals surface area contributed by atoms with E-state index < -0.39 is 46.8 Å². The number of ether oxygens (including phenoxy) is 4. The highest BCUT2D eigenvalue weighted by Gasteiger charge is 2.28. The van der Waals surface area contributed by atoms with Crippen molar-refractivity contribution >= 4 is 59.3 Å². The van der Waals surface area contributed by atoms with Crippen molar-refractivity contribution in [2.24, 2.45) is 9.98 Å². The Morgan fingerprint density at radius 3 is 1.26 bits per heavy atom. The zero-order valence-corrected chi connectivity index (χ0v) is 38.6. The van der Waals surface area contributed by atoms with E-state index in [-0.39, 0.29) is 17.8 Å². The van der Waals surface area contributed by atoms with Gasteiger partial charge in [0.1, 0.15) is 22.4 Å². The number of alkyl carbamates (subject to hydrolysis) is 2. The van der Waals surface area contributed by atoms with Gasteiger partial charge in [-0.2, -0.15) is 0 Å². The van der Waals surface area contributed by atoms with Crippen LogP contribution >= 0.6 is 0 Å². The number of nitrogens with zero attached hydrogens (tertiary/aromatic N) is 6. The van der Waals surface area contributed by atoms with Crippen LogP contribution in [0.4, 0.5) is 36.2 Å². The molecule has 2 heterocycles. The predicted octanol–water partition coefficient (Wildman–Crippen LogP) is 7.12. The van der Waals surface area contributed by atoms with Gasteiger partial charge >= 0.3 is 24.4 Å². The van der Waals surface area contributed by atoms with Gasteiger partial charge in [0.2, 0.25) is 11.9 Å². The fourth-order valence-corrected chi connectivity index (χ4v) is 6.24. The molecule has 0 atom stereocenters. The monoisotopic (exact) mass is 863 g/mol. The van der Waals surface area contributed by atoms with Crippen molar-refractivity contribution in [3.63, 3.8) is 0 Å². The third-order valence-corrected chi connectivity index (χ3v) is 8.88. The zero-order chi connectivity index (χ0) is 46.2. The van der Waals surface area contributed by atoms with Gasteiger partial charge in [0, 0.05) is 75.0 Å². The lowest BCUT2D eigenvalue weighted by atomic mass is 10.1. The number of carbonyl (C=O) groups excluding carboxylic acids is 5. The molecule has 0 unspecified atom stereocenters. The Kier molecular flexibility index (Phi) is 15.5. The number of aliphatic imine (C=N–C) groups is 2. The van der Waals surface area contributed by atoms with Crippen LogP contribution < -0.4 is 25.8 Å².